The molecule has 1 saturated heterocycles. The van der Waals surface area contributed by atoms with Crippen molar-refractivity contribution in [2.24, 2.45) is 5.41 Å². The summed E-state index contributed by atoms with van der Waals surface area (Å²) in [5.41, 5.74) is 0.0915. The van der Waals surface area contributed by atoms with Gasteiger partial charge in [-0.05, 0) is 25.8 Å². The number of hydrogen-bond acceptors (Lipinski definition) is 3. The summed E-state index contributed by atoms with van der Waals surface area (Å²) in [5, 5.41) is 12.6. The Kier molecular flexibility index (Phi) is 3.98. The molecule has 1 fully saturated rings. The molecule has 0 radical (unpaired) electrons. The van der Waals surface area contributed by atoms with Crippen LogP contribution < -0.4 is 5.32 Å². The van der Waals surface area contributed by atoms with Crippen molar-refractivity contribution in [1.82, 2.24) is 5.32 Å². The second-order valence-electron chi connectivity index (χ2n) is 3.68. The van der Waals surface area contributed by atoms with Gasteiger partial charge in [0.05, 0.1) is 0 Å². The summed E-state index contributed by atoms with van der Waals surface area (Å²) in [4.78, 5) is 0. The topological polar surface area (TPSA) is 41.5 Å². The molecule has 1 atom stereocenters. The third-order valence-electron chi connectivity index (χ3n) is 2.73. The Morgan fingerprint density at radius 2 is 2.42 bits per heavy atom. The molecule has 0 saturated carbocycles. The molecule has 0 aliphatic carbocycles. The van der Waals surface area contributed by atoms with E-state index in [9.17, 15) is 5.11 Å². The quantitative estimate of drug-likeness (QED) is 0.646. The average Bonchev–Trinajstić information content (AvgIpc) is 2.16. The summed E-state index contributed by atoms with van der Waals surface area (Å²) in [5.74, 6) is 0. The van der Waals surface area contributed by atoms with Crippen molar-refractivity contribution in [3.63, 3.8) is 0 Å². The fourth-order valence-corrected chi connectivity index (χ4v) is 1.78. The van der Waals surface area contributed by atoms with Gasteiger partial charge in [0.1, 0.15) is 0 Å². The van der Waals surface area contributed by atoms with Gasteiger partial charge in [-0.25, -0.2) is 0 Å². The molecule has 72 valence electrons. The first-order chi connectivity index (χ1) is 5.83. The lowest BCUT2D eigenvalue weighted by atomic mass is 9.79. The summed E-state index contributed by atoms with van der Waals surface area (Å²) in [7, 11) is 1.71. The highest BCUT2D eigenvalue weighted by molar-refractivity contribution is 4.84. The molecule has 2 N–H and O–H groups in total. The number of rotatable bonds is 4. The van der Waals surface area contributed by atoms with Crippen LogP contribution in [0.1, 0.15) is 19.3 Å². The van der Waals surface area contributed by atoms with Gasteiger partial charge in [0.15, 0.2) is 0 Å². The van der Waals surface area contributed by atoms with Gasteiger partial charge in [0, 0.05) is 32.3 Å². The Bertz CT molecular complexity index is 122. The first-order valence-corrected chi connectivity index (χ1v) is 4.63. The molecule has 12 heavy (non-hydrogen) atoms. The first-order valence-electron chi connectivity index (χ1n) is 4.63. The van der Waals surface area contributed by atoms with Crippen LogP contribution in [0.4, 0.5) is 0 Å². The number of piperidine rings is 1. The maximum atomic E-state index is 9.27. The molecule has 0 bridgehead atoms. The van der Waals surface area contributed by atoms with Crippen LogP contribution in [0.2, 0.25) is 0 Å². The lowest BCUT2D eigenvalue weighted by molar-refractivity contribution is 0.0547. The number of methoxy groups -OCH3 is 1. The van der Waals surface area contributed by atoms with E-state index >= 15 is 0 Å². The minimum atomic E-state index is 0.0915. The normalized spacial score (nSPS) is 30.5. The van der Waals surface area contributed by atoms with E-state index in [1.165, 1.54) is 6.42 Å². The minimum absolute atomic E-state index is 0.0915. The van der Waals surface area contributed by atoms with E-state index in [-0.39, 0.29) is 12.0 Å². The van der Waals surface area contributed by atoms with E-state index in [4.69, 9.17) is 4.74 Å². The average molecular weight is 173 g/mol. The zero-order valence-electron chi connectivity index (χ0n) is 7.81. The highest BCUT2D eigenvalue weighted by Crippen LogP contribution is 2.29. The van der Waals surface area contributed by atoms with Crippen LogP contribution in [-0.2, 0) is 4.74 Å². The van der Waals surface area contributed by atoms with Crippen LogP contribution in [0.5, 0.6) is 0 Å². The maximum Gasteiger partial charge on any atom is 0.0500 e. The van der Waals surface area contributed by atoms with Gasteiger partial charge < -0.3 is 15.2 Å². The smallest absolute Gasteiger partial charge is 0.0500 e. The molecular weight excluding hydrogens is 154 g/mol. The second kappa shape index (κ2) is 4.80. The van der Waals surface area contributed by atoms with Crippen LogP contribution in [-0.4, -0.2) is 38.5 Å². The molecule has 1 aliphatic rings. The Morgan fingerprint density at radius 3 is 2.92 bits per heavy atom. The van der Waals surface area contributed by atoms with Crippen molar-refractivity contribution in [3.8, 4) is 0 Å². The lowest BCUT2D eigenvalue weighted by Gasteiger charge is -2.35. The predicted molar refractivity (Wildman–Crippen MR) is 48.1 cm³/mol. The summed E-state index contributed by atoms with van der Waals surface area (Å²) in [6.07, 6.45) is 3.26. The van der Waals surface area contributed by atoms with E-state index in [1.807, 2.05) is 0 Å². The predicted octanol–water partition coefficient (Wildman–Crippen LogP) is 0.385. The number of hydrogen-bond donors (Lipinski definition) is 2. The molecule has 0 aromatic rings. The molecule has 0 aromatic carbocycles. The number of nitrogens with one attached hydrogen (secondary N) is 1. The van der Waals surface area contributed by atoms with Crippen molar-refractivity contribution in [3.05, 3.63) is 0 Å². The molecule has 0 aromatic heterocycles. The first kappa shape index (κ1) is 9.96. The summed E-state index contributed by atoms with van der Waals surface area (Å²) in [6, 6.07) is 0. The van der Waals surface area contributed by atoms with Crippen LogP contribution in [0, 0.1) is 5.41 Å². The van der Waals surface area contributed by atoms with Crippen LogP contribution in [0.25, 0.3) is 0 Å². The van der Waals surface area contributed by atoms with E-state index in [0.29, 0.717) is 0 Å². The Hall–Kier alpha value is -0.120. The third kappa shape index (κ3) is 2.44. The molecule has 1 rings (SSSR count). The van der Waals surface area contributed by atoms with Gasteiger partial charge >= 0.3 is 0 Å². The van der Waals surface area contributed by atoms with Gasteiger partial charge in [0.25, 0.3) is 0 Å². The number of ether oxygens (including phenoxy) is 1. The van der Waals surface area contributed by atoms with E-state index in [0.717, 1.165) is 32.5 Å². The fraction of sp³-hybridized carbons (Fsp3) is 1.00. The highest BCUT2D eigenvalue weighted by atomic mass is 16.5. The number of aliphatic hydroxyl groups excluding tert-OH is 1. The third-order valence-corrected chi connectivity index (χ3v) is 2.73. The molecular formula is C9H19NO2. The van der Waals surface area contributed by atoms with Crippen molar-refractivity contribution in [2.75, 3.05) is 33.4 Å². The van der Waals surface area contributed by atoms with Crippen LogP contribution >= 0.6 is 0 Å². The summed E-state index contributed by atoms with van der Waals surface area (Å²) in [6.45, 7) is 3.06. The zero-order valence-corrected chi connectivity index (χ0v) is 7.81. The largest absolute Gasteiger partial charge is 0.396 e. The van der Waals surface area contributed by atoms with Crippen molar-refractivity contribution in [1.29, 1.82) is 0 Å². The Labute approximate surface area is 74.1 Å². The second-order valence-corrected chi connectivity index (χ2v) is 3.68. The Morgan fingerprint density at radius 1 is 1.58 bits per heavy atom. The molecule has 1 aliphatic heterocycles. The lowest BCUT2D eigenvalue weighted by Crippen LogP contribution is -2.43. The standard InChI is InChI=1S/C9H19NO2/c1-12-6-4-9(8-11)3-2-5-10-7-9/h10-11H,2-8H2,1H3/t9-/m0/s1. The van der Waals surface area contributed by atoms with Crippen LogP contribution in [0.3, 0.4) is 0 Å². The van der Waals surface area contributed by atoms with E-state index in [2.05, 4.69) is 5.32 Å². The van der Waals surface area contributed by atoms with Crippen molar-refractivity contribution < 1.29 is 9.84 Å². The molecule has 3 heteroatoms. The molecule has 0 amide bonds. The molecule has 3 nitrogen and oxygen atoms in total. The highest BCUT2D eigenvalue weighted by Gasteiger charge is 2.30. The van der Waals surface area contributed by atoms with E-state index < -0.39 is 0 Å². The van der Waals surface area contributed by atoms with Crippen LogP contribution in [0.15, 0.2) is 0 Å². The minimum Gasteiger partial charge on any atom is -0.396 e. The van der Waals surface area contributed by atoms with Crippen molar-refractivity contribution in [2.45, 2.75) is 19.3 Å². The van der Waals surface area contributed by atoms with Gasteiger partial charge in [0.2, 0.25) is 0 Å². The SMILES string of the molecule is COCC[C@@]1(CO)CCCNC1. The van der Waals surface area contributed by atoms with Gasteiger partial charge in [-0.1, -0.05) is 0 Å². The van der Waals surface area contributed by atoms with E-state index in [1.54, 1.807) is 7.11 Å². The number of aliphatic hydroxyl groups is 1. The summed E-state index contributed by atoms with van der Waals surface area (Å²) >= 11 is 0. The fourth-order valence-electron chi connectivity index (χ4n) is 1.78. The van der Waals surface area contributed by atoms with Gasteiger partial charge in [-0.15, -0.1) is 0 Å². The molecule has 0 unspecified atom stereocenters. The molecule has 0 spiro atoms. The monoisotopic (exact) mass is 173 g/mol. The Balaban J connectivity index is 2.37. The van der Waals surface area contributed by atoms with Gasteiger partial charge in [-0.2, -0.15) is 0 Å². The summed E-state index contributed by atoms with van der Waals surface area (Å²) < 4.78 is 5.03. The maximum absolute atomic E-state index is 9.27. The van der Waals surface area contributed by atoms with Crippen molar-refractivity contribution >= 4 is 0 Å². The zero-order chi connectivity index (χ0) is 8.86. The van der Waals surface area contributed by atoms with Gasteiger partial charge in [-0.3, -0.25) is 0 Å². The molecule has 1 heterocycles.